The van der Waals surface area contributed by atoms with Gasteiger partial charge in [-0.3, -0.25) is 9.78 Å². The van der Waals surface area contributed by atoms with E-state index in [9.17, 15) is 4.79 Å². The number of rotatable bonds is 3. The molecule has 2 heterocycles. The molecular formula is C12H15N3O2S. The lowest BCUT2D eigenvalue weighted by atomic mass is 9.79. The van der Waals surface area contributed by atoms with Crippen molar-refractivity contribution in [1.29, 1.82) is 0 Å². The maximum atomic E-state index is 12.4. The first-order valence-electron chi connectivity index (χ1n) is 5.74. The highest BCUT2D eigenvalue weighted by Crippen LogP contribution is 2.32. The van der Waals surface area contributed by atoms with Gasteiger partial charge < -0.3 is 15.8 Å². The number of nitrogens with zero attached hydrogens (tertiary/aromatic N) is 1. The van der Waals surface area contributed by atoms with Crippen LogP contribution in [0.2, 0.25) is 0 Å². The van der Waals surface area contributed by atoms with Gasteiger partial charge >= 0.3 is 0 Å². The maximum absolute atomic E-state index is 12.4. The summed E-state index contributed by atoms with van der Waals surface area (Å²) in [6.45, 7) is 0.996. The molecule has 0 aromatic carbocycles. The summed E-state index contributed by atoms with van der Waals surface area (Å²) in [5.74, 6) is -0.175. The van der Waals surface area contributed by atoms with Crippen LogP contribution in [-0.4, -0.2) is 29.1 Å². The van der Waals surface area contributed by atoms with E-state index in [1.807, 2.05) is 0 Å². The summed E-state index contributed by atoms with van der Waals surface area (Å²) in [7, 11) is 0. The van der Waals surface area contributed by atoms with Crippen molar-refractivity contribution in [2.75, 3.05) is 18.5 Å². The Labute approximate surface area is 111 Å². The average Bonchev–Trinajstić information content (AvgIpc) is 2.40. The zero-order chi connectivity index (χ0) is 13.0. The zero-order valence-electron chi connectivity index (χ0n) is 9.89. The molecule has 0 radical (unpaired) electrons. The van der Waals surface area contributed by atoms with Gasteiger partial charge in [0.15, 0.2) is 0 Å². The third kappa shape index (κ3) is 2.49. The summed E-state index contributed by atoms with van der Waals surface area (Å²) in [5, 5.41) is 2.81. The van der Waals surface area contributed by atoms with E-state index in [0.717, 1.165) is 0 Å². The minimum absolute atomic E-state index is 0.175. The molecule has 1 aliphatic rings. The molecule has 0 unspecified atom stereocenters. The van der Waals surface area contributed by atoms with E-state index >= 15 is 0 Å². The summed E-state index contributed by atoms with van der Waals surface area (Å²) in [6.07, 6.45) is 4.28. The summed E-state index contributed by atoms with van der Waals surface area (Å²) >= 11 is 5.07. The Hall–Kier alpha value is -1.53. The fourth-order valence-corrected chi connectivity index (χ4v) is 2.29. The molecule has 0 atom stereocenters. The number of ether oxygens (including phenoxy) is 1. The van der Waals surface area contributed by atoms with Crippen LogP contribution in [0.5, 0.6) is 0 Å². The van der Waals surface area contributed by atoms with Gasteiger partial charge in [0, 0.05) is 19.4 Å². The molecule has 0 spiro atoms. The van der Waals surface area contributed by atoms with E-state index < -0.39 is 5.41 Å². The fraction of sp³-hybridized carbons (Fsp3) is 0.417. The van der Waals surface area contributed by atoms with Crippen molar-refractivity contribution in [2.45, 2.75) is 12.8 Å². The van der Waals surface area contributed by atoms with Crippen LogP contribution in [0.1, 0.15) is 12.8 Å². The van der Waals surface area contributed by atoms with Crippen LogP contribution >= 0.6 is 12.2 Å². The lowest BCUT2D eigenvalue weighted by Gasteiger charge is -2.34. The van der Waals surface area contributed by atoms with Crippen molar-refractivity contribution in [3.05, 3.63) is 24.5 Å². The minimum Gasteiger partial charge on any atom is -0.392 e. The summed E-state index contributed by atoms with van der Waals surface area (Å²) in [4.78, 5) is 16.5. The number of anilines is 1. The molecule has 0 aliphatic carbocycles. The highest BCUT2D eigenvalue weighted by atomic mass is 32.1. The second-order valence-corrected chi connectivity index (χ2v) is 4.69. The molecular weight excluding hydrogens is 250 g/mol. The van der Waals surface area contributed by atoms with Crippen molar-refractivity contribution >= 4 is 28.8 Å². The fourth-order valence-electron chi connectivity index (χ4n) is 1.99. The number of carbonyl (C=O) groups is 1. The molecule has 1 aromatic heterocycles. The van der Waals surface area contributed by atoms with Gasteiger partial charge in [0.05, 0.1) is 16.9 Å². The highest BCUT2D eigenvalue weighted by Gasteiger charge is 2.43. The predicted molar refractivity (Wildman–Crippen MR) is 72.1 cm³/mol. The third-order valence-electron chi connectivity index (χ3n) is 3.17. The van der Waals surface area contributed by atoms with E-state index in [1.54, 1.807) is 24.5 Å². The maximum Gasteiger partial charge on any atom is 0.237 e. The quantitative estimate of drug-likeness (QED) is 0.800. The SMILES string of the molecule is NC(=S)C1(C(=O)Nc2cccnc2)CCOCC1. The Morgan fingerprint density at radius 2 is 2.22 bits per heavy atom. The van der Waals surface area contributed by atoms with Crippen molar-refractivity contribution in [2.24, 2.45) is 11.1 Å². The number of hydrogen-bond donors (Lipinski definition) is 2. The van der Waals surface area contributed by atoms with Crippen molar-refractivity contribution in [3.8, 4) is 0 Å². The lowest BCUT2D eigenvalue weighted by molar-refractivity contribution is -0.126. The van der Waals surface area contributed by atoms with E-state index in [2.05, 4.69) is 10.3 Å². The minimum atomic E-state index is -0.802. The number of nitrogens with one attached hydrogen (secondary N) is 1. The molecule has 0 bridgehead atoms. The Bertz CT molecular complexity index is 444. The van der Waals surface area contributed by atoms with Gasteiger partial charge in [-0.05, 0) is 25.0 Å². The lowest BCUT2D eigenvalue weighted by Crippen LogP contribution is -2.49. The third-order valence-corrected chi connectivity index (χ3v) is 3.56. The Morgan fingerprint density at radius 1 is 1.50 bits per heavy atom. The molecule has 2 rings (SSSR count). The monoisotopic (exact) mass is 265 g/mol. The van der Waals surface area contributed by atoms with Gasteiger partial charge in [0.25, 0.3) is 0 Å². The Kier molecular flexibility index (Phi) is 3.88. The van der Waals surface area contributed by atoms with Crippen LogP contribution in [0.25, 0.3) is 0 Å². The van der Waals surface area contributed by atoms with E-state index in [4.69, 9.17) is 22.7 Å². The summed E-state index contributed by atoms with van der Waals surface area (Å²) < 4.78 is 5.27. The molecule has 96 valence electrons. The van der Waals surface area contributed by atoms with Crippen molar-refractivity contribution in [1.82, 2.24) is 4.98 Å². The summed E-state index contributed by atoms with van der Waals surface area (Å²) in [6, 6.07) is 3.53. The number of thiocarbonyl (C=S) groups is 1. The molecule has 5 nitrogen and oxygen atoms in total. The summed E-state index contributed by atoms with van der Waals surface area (Å²) in [5.41, 5.74) is 5.60. The highest BCUT2D eigenvalue weighted by molar-refractivity contribution is 7.80. The van der Waals surface area contributed by atoms with Crippen molar-refractivity contribution in [3.63, 3.8) is 0 Å². The number of carbonyl (C=O) groups excluding carboxylic acids is 1. The second-order valence-electron chi connectivity index (χ2n) is 4.25. The largest absolute Gasteiger partial charge is 0.392 e. The van der Waals surface area contributed by atoms with Crippen LogP contribution in [0.15, 0.2) is 24.5 Å². The number of aromatic nitrogens is 1. The Balaban J connectivity index is 2.16. The molecule has 1 aliphatic heterocycles. The topological polar surface area (TPSA) is 77.2 Å². The number of amides is 1. The van der Waals surface area contributed by atoms with Crippen LogP contribution in [0.3, 0.4) is 0 Å². The number of pyridine rings is 1. The van der Waals surface area contributed by atoms with Crippen molar-refractivity contribution < 1.29 is 9.53 Å². The normalized spacial score (nSPS) is 18.0. The van der Waals surface area contributed by atoms with Gasteiger partial charge in [-0.25, -0.2) is 0 Å². The first-order valence-corrected chi connectivity index (χ1v) is 6.15. The van der Waals surface area contributed by atoms with Gasteiger partial charge in [-0.1, -0.05) is 12.2 Å². The molecule has 1 aromatic rings. The van der Waals surface area contributed by atoms with E-state index in [0.29, 0.717) is 31.7 Å². The van der Waals surface area contributed by atoms with Crippen LogP contribution in [0, 0.1) is 5.41 Å². The number of nitrogens with two attached hydrogens (primary N) is 1. The molecule has 0 saturated carbocycles. The molecule has 18 heavy (non-hydrogen) atoms. The molecule has 1 amide bonds. The first-order chi connectivity index (χ1) is 8.65. The predicted octanol–water partition coefficient (Wildman–Crippen LogP) is 1.10. The zero-order valence-corrected chi connectivity index (χ0v) is 10.7. The standard InChI is InChI=1S/C12H15N3O2S/c13-10(18)12(3-6-17-7-4-12)11(16)15-9-2-1-5-14-8-9/h1-2,5,8H,3-4,6-7H2,(H2,13,18)(H,15,16). The second kappa shape index (κ2) is 5.41. The molecule has 6 heteroatoms. The van der Waals surface area contributed by atoms with E-state index in [1.165, 1.54) is 0 Å². The number of hydrogen-bond acceptors (Lipinski definition) is 4. The average molecular weight is 265 g/mol. The van der Waals surface area contributed by atoms with Gasteiger partial charge in [0.1, 0.15) is 5.41 Å². The molecule has 1 saturated heterocycles. The molecule has 1 fully saturated rings. The van der Waals surface area contributed by atoms with Crippen LogP contribution < -0.4 is 11.1 Å². The first kappa shape index (κ1) is 12.9. The van der Waals surface area contributed by atoms with Crippen LogP contribution in [-0.2, 0) is 9.53 Å². The molecule has 3 N–H and O–H groups in total. The smallest absolute Gasteiger partial charge is 0.237 e. The Morgan fingerprint density at radius 3 is 2.78 bits per heavy atom. The van der Waals surface area contributed by atoms with Gasteiger partial charge in [-0.2, -0.15) is 0 Å². The van der Waals surface area contributed by atoms with Crippen LogP contribution in [0.4, 0.5) is 5.69 Å². The van der Waals surface area contributed by atoms with E-state index in [-0.39, 0.29) is 10.9 Å². The van der Waals surface area contributed by atoms with Gasteiger partial charge in [0.2, 0.25) is 5.91 Å². The van der Waals surface area contributed by atoms with Gasteiger partial charge in [-0.15, -0.1) is 0 Å².